The van der Waals surface area contributed by atoms with Gasteiger partial charge in [0, 0.05) is 5.56 Å². The van der Waals surface area contributed by atoms with Crippen molar-refractivity contribution in [2.75, 3.05) is 13.1 Å². The van der Waals surface area contributed by atoms with Crippen LogP contribution in [0.2, 0.25) is 0 Å². The van der Waals surface area contributed by atoms with Crippen LogP contribution >= 0.6 is 0 Å². The highest BCUT2D eigenvalue weighted by molar-refractivity contribution is 5.46. The zero-order valence-electron chi connectivity index (χ0n) is 12.9. The summed E-state index contributed by atoms with van der Waals surface area (Å²) in [5.74, 6) is 0.928. The molecule has 1 fully saturated rings. The van der Waals surface area contributed by atoms with E-state index in [1.807, 2.05) is 12.1 Å². The summed E-state index contributed by atoms with van der Waals surface area (Å²) >= 11 is 0. The molecule has 0 unspecified atom stereocenters. The molecule has 0 aromatic heterocycles. The smallest absolute Gasteiger partial charge is 0.190 e. The Labute approximate surface area is 135 Å². The standard InChI is InChI=1S/C19H19FN2O/c1-21-17-6-5-16(19(20)12-17)13-23-18-4-2-3-15(11-18)14-7-9-22-10-8-14/h2-6,11-12,14,22H,7-10,13H2. The molecule has 1 heterocycles. The number of piperidine rings is 1. The maximum atomic E-state index is 13.9. The molecule has 1 aliphatic heterocycles. The molecule has 0 atom stereocenters. The van der Waals surface area contributed by atoms with Gasteiger partial charge >= 0.3 is 0 Å². The summed E-state index contributed by atoms with van der Waals surface area (Å²) in [4.78, 5) is 3.22. The molecule has 0 bridgehead atoms. The first-order valence-electron chi connectivity index (χ1n) is 7.85. The molecule has 1 aliphatic rings. The highest BCUT2D eigenvalue weighted by Gasteiger charge is 2.15. The van der Waals surface area contributed by atoms with E-state index >= 15 is 0 Å². The van der Waals surface area contributed by atoms with Gasteiger partial charge in [-0.3, -0.25) is 0 Å². The maximum Gasteiger partial charge on any atom is 0.190 e. The Morgan fingerprint density at radius 1 is 1.17 bits per heavy atom. The van der Waals surface area contributed by atoms with Crippen molar-refractivity contribution in [3.8, 4) is 5.75 Å². The first kappa shape index (κ1) is 15.5. The lowest BCUT2D eigenvalue weighted by Crippen LogP contribution is -2.26. The van der Waals surface area contributed by atoms with Crippen molar-refractivity contribution in [2.45, 2.75) is 25.4 Å². The van der Waals surface area contributed by atoms with Crippen LogP contribution in [0.4, 0.5) is 10.1 Å². The third-order valence-corrected chi connectivity index (χ3v) is 4.23. The first-order valence-corrected chi connectivity index (χ1v) is 7.85. The monoisotopic (exact) mass is 310 g/mol. The molecule has 0 amide bonds. The van der Waals surface area contributed by atoms with E-state index in [4.69, 9.17) is 11.3 Å². The van der Waals surface area contributed by atoms with E-state index in [0.717, 1.165) is 31.7 Å². The van der Waals surface area contributed by atoms with Crippen LogP contribution in [0.15, 0.2) is 42.5 Å². The fourth-order valence-corrected chi connectivity index (χ4v) is 2.90. The minimum absolute atomic E-state index is 0.166. The zero-order valence-corrected chi connectivity index (χ0v) is 12.9. The topological polar surface area (TPSA) is 25.6 Å². The van der Waals surface area contributed by atoms with Crippen LogP contribution in [0.5, 0.6) is 5.75 Å². The van der Waals surface area contributed by atoms with E-state index in [9.17, 15) is 4.39 Å². The highest BCUT2D eigenvalue weighted by atomic mass is 19.1. The fourth-order valence-electron chi connectivity index (χ4n) is 2.90. The second kappa shape index (κ2) is 7.26. The summed E-state index contributed by atoms with van der Waals surface area (Å²) in [7, 11) is 0. The van der Waals surface area contributed by atoms with Crippen LogP contribution in [-0.2, 0) is 6.61 Å². The van der Waals surface area contributed by atoms with Gasteiger partial charge in [0.25, 0.3) is 0 Å². The van der Waals surface area contributed by atoms with Gasteiger partial charge in [0.2, 0.25) is 0 Å². The number of ether oxygens (including phenoxy) is 1. The van der Waals surface area contributed by atoms with Crippen LogP contribution in [0.25, 0.3) is 4.85 Å². The Hall–Kier alpha value is -2.38. The van der Waals surface area contributed by atoms with E-state index in [0.29, 0.717) is 17.2 Å². The largest absolute Gasteiger partial charge is 0.489 e. The molecule has 0 saturated carbocycles. The van der Waals surface area contributed by atoms with E-state index in [1.165, 1.54) is 11.6 Å². The van der Waals surface area contributed by atoms with Crippen molar-refractivity contribution in [3.05, 3.63) is 70.8 Å². The molecule has 0 radical (unpaired) electrons. The highest BCUT2D eigenvalue weighted by Crippen LogP contribution is 2.28. The molecule has 3 rings (SSSR count). The lowest BCUT2D eigenvalue weighted by Gasteiger charge is -2.23. The van der Waals surface area contributed by atoms with Crippen LogP contribution in [0, 0.1) is 12.4 Å². The number of benzene rings is 2. The summed E-state index contributed by atoms with van der Waals surface area (Å²) in [5.41, 5.74) is 2.05. The number of hydrogen-bond acceptors (Lipinski definition) is 2. The molecule has 1 saturated heterocycles. The summed E-state index contributed by atoms with van der Waals surface area (Å²) in [6.45, 7) is 9.16. The van der Waals surface area contributed by atoms with Crippen molar-refractivity contribution in [1.82, 2.24) is 5.32 Å². The van der Waals surface area contributed by atoms with Gasteiger partial charge in [0.15, 0.2) is 5.69 Å². The molecular weight excluding hydrogens is 291 g/mol. The predicted octanol–water partition coefficient (Wildman–Crippen LogP) is 4.42. The van der Waals surface area contributed by atoms with E-state index < -0.39 is 5.82 Å². The van der Waals surface area contributed by atoms with Crippen molar-refractivity contribution in [3.63, 3.8) is 0 Å². The van der Waals surface area contributed by atoms with Gasteiger partial charge < -0.3 is 10.1 Å². The SMILES string of the molecule is [C-]#[N+]c1ccc(COc2cccc(C3CCNCC3)c2)c(F)c1. The number of halogens is 1. The Morgan fingerprint density at radius 2 is 2.00 bits per heavy atom. The van der Waals surface area contributed by atoms with Crippen LogP contribution in [0.1, 0.15) is 29.9 Å². The first-order chi connectivity index (χ1) is 11.3. The van der Waals surface area contributed by atoms with Crippen molar-refractivity contribution in [2.24, 2.45) is 0 Å². The third-order valence-electron chi connectivity index (χ3n) is 4.23. The molecule has 0 spiro atoms. The lowest BCUT2D eigenvalue weighted by molar-refractivity contribution is 0.299. The summed E-state index contributed by atoms with van der Waals surface area (Å²) in [6, 6.07) is 12.5. The van der Waals surface area contributed by atoms with Gasteiger partial charge in [-0.05, 0) is 55.6 Å². The Kier molecular flexibility index (Phi) is 4.89. The molecule has 23 heavy (non-hydrogen) atoms. The lowest BCUT2D eigenvalue weighted by atomic mass is 9.90. The molecule has 2 aromatic carbocycles. The maximum absolute atomic E-state index is 13.9. The number of hydrogen-bond donors (Lipinski definition) is 1. The Morgan fingerprint density at radius 3 is 2.74 bits per heavy atom. The van der Waals surface area contributed by atoms with Gasteiger partial charge in [-0.25, -0.2) is 9.24 Å². The summed E-state index contributed by atoms with van der Waals surface area (Å²) in [6.07, 6.45) is 2.27. The average molecular weight is 310 g/mol. The molecule has 0 aliphatic carbocycles. The predicted molar refractivity (Wildman–Crippen MR) is 88.3 cm³/mol. The average Bonchev–Trinajstić information content (AvgIpc) is 2.61. The summed E-state index contributed by atoms with van der Waals surface area (Å²) < 4.78 is 19.6. The molecule has 2 aromatic rings. The molecule has 4 heteroatoms. The Bertz CT molecular complexity index is 718. The quantitative estimate of drug-likeness (QED) is 0.846. The fraction of sp³-hybridized carbons (Fsp3) is 0.316. The van der Waals surface area contributed by atoms with Crippen LogP contribution in [0.3, 0.4) is 0 Å². The van der Waals surface area contributed by atoms with E-state index in [1.54, 1.807) is 12.1 Å². The van der Waals surface area contributed by atoms with Gasteiger partial charge in [-0.1, -0.05) is 24.3 Å². The molecule has 3 nitrogen and oxygen atoms in total. The minimum atomic E-state index is -0.395. The zero-order chi connectivity index (χ0) is 16.1. The van der Waals surface area contributed by atoms with Crippen LogP contribution in [-0.4, -0.2) is 13.1 Å². The van der Waals surface area contributed by atoms with Gasteiger partial charge in [-0.2, -0.15) is 0 Å². The molecule has 1 N–H and O–H groups in total. The normalized spacial score (nSPS) is 15.1. The second-order valence-electron chi connectivity index (χ2n) is 5.77. The van der Waals surface area contributed by atoms with Crippen LogP contribution < -0.4 is 10.1 Å². The minimum Gasteiger partial charge on any atom is -0.489 e. The molecule has 118 valence electrons. The van der Waals surface area contributed by atoms with Crippen molar-refractivity contribution >= 4 is 5.69 Å². The van der Waals surface area contributed by atoms with Gasteiger partial charge in [0.05, 0.1) is 6.57 Å². The Balaban J connectivity index is 1.67. The number of rotatable bonds is 4. The number of nitrogens with zero attached hydrogens (tertiary/aromatic N) is 1. The van der Waals surface area contributed by atoms with Crippen molar-refractivity contribution < 1.29 is 9.13 Å². The summed E-state index contributed by atoms with van der Waals surface area (Å²) in [5, 5.41) is 3.37. The van der Waals surface area contributed by atoms with Crippen molar-refractivity contribution in [1.29, 1.82) is 0 Å². The van der Waals surface area contributed by atoms with E-state index in [2.05, 4.69) is 22.3 Å². The van der Waals surface area contributed by atoms with E-state index in [-0.39, 0.29) is 6.61 Å². The second-order valence-corrected chi connectivity index (χ2v) is 5.77. The van der Waals surface area contributed by atoms with Gasteiger partial charge in [0.1, 0.15) is 18.2 Å². The number of nitrogens with one attached hydrogen (secondary N) is 1. The van der Waals surface area contributed by atoms with Gasteiger partial charge in [-0.15, -0.1) is 0 Å². The third kappa shape index (κ3) is 3.88. The molecular formula is C19H19FN2O.